The van der Waals surface area contributed by atoms with Gasteiger partial charge in [0.25, 0.3) is 0 Å². The van der Waals surface area contributed by atoms with Crippen LogP contribution in [0.25, 0.3) is 0 Å². The average Bonchev–Trinajstić information content (AvgIpc) is 2.39. The monoisotopic (exact) mass is 249 g/mol. The van der Waals surface area contributed by atoms with Crippen molar-refractivity contribution in [2.45, 2.75) is 70.8 Å². The van der Waals surface area contributed by atoms with Crippen molar-refractivity contribution in [3.63, 3.8) is 0 Å². The minimum Gasteiger partial charge on any atom is -0.303 e. The maximum Gasteiger partial charge on any atom is 0.0121 e. The third kappa shape index (κ3) is 2.48. The summed E-state index contributed by atoms with van der Waals surface area (Å²) in [4.78, 5) is 2.68. The highest BCUT2D eigenvalue weighted by Gasteiger charge is 2.40. The van der Waals surface area contributed by atoms with Crippen molar-refractivity contribution in [1.82, 2.24) is 4.90 Å². The molecule has 0 bridgehead atoms. The second-order valence-corrected chi connectivity index (χ2v) is 7.46. The number of rotatable bonds is 1. The van der Waals surface area contributed by atoms with Gasteiger partial charge < -0.3 is 4.90 Å². The van der Waals surface area contributed by atoms with Crippen LogP contribution < -0.4 is 0 Å². The fourth-order valence-corrected chi connectivity index (χ4v) is 5.43. The first kappa shape index (κ1) is 13.0. The van der Waals surface area contributed by atoms with Crippen LogP contribution in [0.4, 0.5) is 0 Å². The number of hydrogen-bond acceptors (Lipinski definition) is 1. The van der Waals surface area contributed by atoms with E-state index in [-0.39, 0.29) is 0 Å². The summed E-state index contributed by atoms with van der Waals surface area (Å²) in [6, 6.07) is 0.920. The van der Waals surface area contributed by atoms with Crippen LogP contribution in [-0.4, -0.2) is 24.5 Å². The molecule has 104 valence electrons. The molecule has 5 atom stereocenters. The van der Waals surface area contributed by atoms with Gasteiger partial charge in [-0.25, -0.2) is 0 Å². The second kappa shape index (κ2) is 5.53. The molecule has 3 aliphatic rings. The molecule has 0 aromatic carbocycles. The zero-order valence-electron chi connectivity index (χ0n) is 12.4. The lowest BCUT2D eigenvalue weighted by molar-refractivity contribution is 0.0218. The number of hydrogen-bond donors (Lipinski definition) is 0. The van der Waals surface area contributed by atoms with E-state index in [1.165, 1.54) is 45.1 Å². The highest BCUT2D eigenvalue weighted by molar-refractivity contribution is 4.92. The topological polar surface area (TPSA) is 3.24 Å². The first-order valence-corrected chi connectivity index (χ1v) is 8.46. The third-order valence-corrected chi connectivity index (χ3v) is 6.35. The molecule has 1 nitrogen and oxygen atoms in total. The Morgan fingerprint density at radius 1 is 0.833 bits per heavy atom. The molecule has 3 fully saturated rings. The van der Waals surface area contributed by atoms with Crippen molar-refractivity contribution in [3.8, 4) is 0 Å². The summed E-state index contributed by atoms with van der Waals surface area (Å²) in [6.45, 7) is 3.90. The Balaban J connectivity index is 1.66. The van der Waals surface area contributed by atoms with Crippen LogP contribution in [0.1, 0.15) is 64.7 Å². The predicted octanol–water partition coefficient (Wildman–Crippen LogP) is 4.32. The highest BCUT2D eigenvalue weighted by atomic mass is 15.1. The zero-order chi connectivity index (χ0) is 12.5. The zero-order valence-corrected chi connectivity index (χ0v) is 12.4. The maximum atomic E-state index is 2.68. The van der Waals surface area contributed by atoms with Gasteiger partial charge in [-0.2, -0.15) is 0 Å². The molecular formula is C17H31N. The molecule has 3 unspecified atom stereocenters. The van der Waals surface area contributed by atoms with Crippen LogP contribution in [0.5, 0.6) is 0 Å². The number of likely N-dealkylation sites (tertiary alicyclic amines) is 1. The summed E-state index contributed by atoms with van der Waals surface area (Å²) in [7, 11) is 2.38. The van der Waals surface area contributed by atoms with Gasteiger partial charge in [0.15, 0.2) is 0 Å². The fourth-order valence-electron chi connectivity index (χ4n) is 5.43. The van der Waals surface area contributed by atoms with Gasteiger partial charge >= 0.3 is 0 Å². The van der Waals surface area contributed by atoms with Crippen LogP contribution in [0.15, 0.2) is 0 Å². The lowest BCUT2D eigenvalue weighted by Crippen LogP contribution is -2.46. The number of piperidine rings is 1. The van der Waals surface area contributed by atoms with Gasteiger partial charge in [-0.3, -0.25) is 0 Å². The Labute approximate surface area is 113 Å². The molecule has 0 N–H and O–H groups in total. The molecule has 0 aromatic rings. The predicted molar refractivity (Wildman–Crippen MR) is 77.6 cm³/mol. The van der Waals surface area contributed by atoms with Crippen molar-refractivity contribution >= 4 is 0 Å². The van der Waals surface area contributed by atoms with E-state index >= 15 is 0 Å². The first-order chi connectivity index (χ1) is 8.75. The maximum absolute atomic E-state index is 2.68. The van der Waals surface area contributed by atoms with Crippen molar-refractivity contribution in [1.29, 1.82) is 0 Å². The first-order valence-electron chi connectivity index (χ1n) is 8.46. The number of fused-ring (bicyclic) bond motifs is 1. The number of nitrogens with zero attached hydrogens (tertiary/aromatic N) is 1. The third-order valence-electron chi connectivity index (χ3n) is 6.35. The Morgan fingerprint density at radius 3 is 2.44 bits per heavy atom. The molecule has 2 aliphatic carbocycles. The van der Waals surface area contributed by atoms with Gasteiger partial charge in [-0.1, -0.05) is 32.6 Å². The molecule has 18 heavy (non-hydrogen) atoms. The molecular weight excluding hydrogens is 218 g/mol. The summed E-state index contributed by atoms with van der Waals surface area (Å²) in [6.07, 6.45) is 13.6. The van der Waals surface area contributed by atoms with Crippen molar-refractivity contribution in [2.24, 2.45) is 23.7 Å². The van der Waals surface area contributed by atoms with E-state index in [0.29, 0.717) is 0 Å². The second-order valence-electron chi connectivity index (χ2n) is 7.46. The van der Waals surface area contributed by atoms with Gasteiger partial charge in [0, 0.05) is 6.04 Å². The Bertz CT molecular complexity index is 275. The van der Waals surface area contributed by atoms with Crippen molar-refractivity contribution < 1.29 is 0 Å². The highest BCUT2D eigenvalue weighted by Crippen LogP contribution is 2.47. The summed E-state index contributed by atoms with van der Waals surface area (Å²) >= 11 is 0. The Kier molecular flexibility index (Phi) is 3.98. The van der Waals surface area contributed by atoms with Crippen LogP contribution in [0.2, 0.25) is 0 Å². The molecule has 1 heteroatoms. The minimum atomic E-state index is 0.920. The Hall–Kier alpha value is -0.0400. The lowest BCUT2D eigenvalue weighted by Gasteiger charge is -2.48. The van der Waals surface area contributed by atoms with Gasteiger partial charge in [0.05, 0.1) is 0 Å². The molecule has 2 saturated carbocycles. The van der Waals surface area contributed by atoms with Crippen molar-refractivity contribution in [3.05, 3.63) is 0 Å². The van der Waals surface area contributed by atoms with E-state index in [2.05, 4.69) is 18.9 Å². The van der Waals surface area contributed by atoms with Crippen LogP contribution in [0, 0.1) is 23.7 Å². The SMILES string of the molecule is CC1C[C@@H](C2CCCCN2C)C[C@H]2CCCCC12. The Morgan fingerprint density at radius 2 is 1.61 bits per heavy atom. The van der Waals surface area contributed by atoms with Gasteiger partial charge in [0.1, 0.15) is 0 Å². The van der Waals surface area contributed by atoms with Crippen LogP contribution in [-0.2, 0) is 0 Å². The van der Waals surface area contributed by atoms with E-state index in [1.807, 2.05) is 0 Å². The molecule has 1 aliphatic heterocycles. The minimum absolute atomic E-state index is 0.920. The summed E-state index contributed by atoms with van der Waals surface area (Å²) in [5.74, 6) is 4.20. The van der Waals surface area contributed by atoms with Crippen LogP contribution in [0.3, 0.4) is 0 Å². The van der Waals surface area contributed by atoms with Gasteiger partial charge in [-0.15, -0.1) is 0 Å². The average molecular weight is 249 g/mol. The normalized spacial score (nSPS) is 46.7. The molecule has 0 spiro atoms. The summed E-state index contributed by atoms with van der Waals surface area (Å²) < 4.78 is 0. The standard InChI is InChI=1S/C17H31N/c1-13-11-15(17-9-5-6-10-18(17)2)12-14-7-3-4-8-16(13)14/h13-17H,3-12H2,1-2H3/t13?,14-,15-,16?,17?/m1/s1. The van der Waals surface area contributed by atoms with E-state index < -0.39 is 0 Å². The van der Waals surface area contributed by atoms with E-state index in [9.17, 15) is 0 Å². The van der Waals surface area contributed by atoms with E-state index in [0.717, 1.165) is 29.7 Å². The summed E-state index contributed by atoms with van der Waals surface area (Å²) in [5, 5.41) is 0. The molecule has 3 rings (SSSR count). The molecule has 1 saturated heterocycles. The fraction of sp³-hybridized carbons (Fsp3) is 1.00. The largest absolute Gasteiger partial charge is 0.303 e. The summed E-state index contributed by atoms with van der Waals surface area (Å²) in [5.41, 5.74) is 0. The van der Waals surface area contributed by atoms with Crippen molar-refractivity contribution in [2.75, 3.05) is 13.6 Å². The quantitative estimate of drug-likeness (QED) is 0.669. The molecule has 0 aromatic heterocycles. The van der Waals surface area contributed by atoms with Gasteiger partial charge in [-0.05, 0) is 69.4 Å². The van der Waals surface area contributed by atoms with E-state index in [4.69, 9.17) is 0 Å². The lowest BCUT2D eigenvalue weighted by atomic mass is 9.61. The molecule has 0 radical (unpaired) electrons. The van der Waals surface area contributed by atoms with Gasteiger partial charge in [0.2, 0.25) is 0 Å². The van der Waals surface area contributed by atoms with Crippen LogP contribution >= 0.6 is 0 Å². The molecule has 1 heterocycles. The van der Waals surface area contributed by atoms with E-state index in [1.54, 1.807) is 19.3 Å². The smallest absolute Gasteiger partial charge is 0.0121 e. The molecule has 0 amide bonds.